The first kappa shape index (κ1) is 90.4. The van der Waals surface area contributed by atoms with E-state index >= 15 is 0 Å². The van der Waals surface area contributed by atoms with Crippen LogP contribution in [0.5, 0.6) is 0 Å². The van der Waals surface area contributed by atoms with Crippen molar-refractivity contribution in [2.24, 2.45) is 0 Å². The highest BCUT2D eigenvalue weighted by atomic mass is 31.2. The summed E-state index contributed by atoms with van der Waals surface area (Å²) >= 11 is 0. The number of allylic oxidation sites excluding steroid dienone is 20. The molecule has 2 unspecified atom stereocenters. The van der Waals surface area contributed by atoms with Gasteiger partial charge in [-0.15, -0.1) is 0 Å². The topological polar surface area (TPSA) is 108 Å². The van der Waals surface area contributed by atoms with E-state index in [0.717, 1.165) is 96.3 Å². The Bertz CT molecular complexity index is 2010. The van der Waals surface area contributed by atoms with E-state index in [2.05, 4.69) is 135 Å². The molecule has 2 atom stereocenters. The number of phosphoric ester groups is 1. The number of rotatable bonds is 72. The highest BCUT2D eigenvalue weighted by Crippen LogP contribution is 2.43. The first-order valence-electron chi connectivity index (χ1n) is 39.3. The van der Waals surface area contributed by atoms with Crippen molar-refractivity contribution in [1.82, 2.24) is 0 Å². The summed E-state index contributed by atoms with van der Waals surface area (Å²) in [7, 11) is 1.49. The molecule has 0 aliphatic heterocycles. The third-order valence-corrected chi connectivity index (χ3v) is 18.0. The zero-order valence-electron chi connectivity index (χ0n) is 61.9. The fraction of sp³-hybridized carbons (Fsp3) is 0.738. The number of carbonyl (C=O) groups excluding carboxylic acids is 2. The van der Waals surface area contributed by atoms with E-state index in [4.69, 9.17) is 18.5 Å². The van der Waals surface area contributed by atoms with Gasteiger partial charge in [0.2, 0.25) is 0 Å². The number of unbranched alkanes of at least 4 members (excludes halogenated alkanes) is 38. The molecule has 0 saturated heterocycles. The lowest BCUT2D eigenvalue weighted by Crippen LogP contribution is -2.37. The maximum Gasteiger partial charge on any atom is 0.472 e. The predicted molar refractivity (Wildman–Crippen MR) is 408 cm³/mol. The number of likely N-dealkylation sites (N-methyl/N-ethyl adjacent to an activating group) is 1. The van der Waals surface area contributed by atoms with Gasteiger partial charge in [-0.2, -0.15) is 0 Å². The first-order chi connectivity index (χ1) is 46.0. The van der Waals surface area contributed by atoms with Crippen molar-refractivity contribution in [3.63, 3.8) is 0 Å². The minimum Gasteiger partial charge on any atom is -0.462 e. The van der Waals surface area contributed by atoms with Gasteiger partial charge in [0.25, 0.3) is 0 Å². The van der Waals surface area contributed by atoms with Crippen LogP contribution in [0.2, 0.25) is 0 Å². The SMILES string of the molecule is CC/C=C\C/C=C\C/C=C\C/C=C\C/C=C\C/C=C\CCCCCCCCCCCCCCCCCCCCCCC(=O)OC(COC(=O)CCCCCCCCCCCCCCCCCCCC/C=C\C/C=C\C/C=C\C/C=C\CC)COP(=O)(O)OCC[N+](C)(C)C. The van der Waals surface area contributed by atoms with Crippen LogP contribution in [0.3, 0.4) is 0 Å². The Kier molecular flexibility index (Phi) is 70.8. The molecular weight excluding hydrogens is 1180 g/mol. The third kappa shape index (κ3) is 77.4. The van der Waals surface area contributed by atoms with Crippen molar-refractivity contribution < 1.29 is 42.1 Å². The van der Waals surface area contributed by atoms with Gasteiger partial charge in [0.1, 0.15) is 19.8 Å². The Labute approximate surface area is 581 Å². The number of esters is 2. The fourth-order valence-corrected chi connectivity index (χ4v) is 11.8. The molecule has 9 nitrogen and oxygen atoms in total. The average Bonchev–Trinajstić information content (AvgIpc) is 1.56. The Balaban J connectivity index is 3.95. The molecule has 0 radical (unpaired) electrons. The number of ether oxygens (including phenoxy) is 2. The second-order valence-corrected chi connectivity index (χ2v) is 28.8. The van der Waals surface area contributed by atoms with Crippen molar-refractivity contribution in [2.75, 3.05) is 47.5 Å². The van der Waals surface area contributed by atoms with Crippen molar-refractivity contribution in [1.29, 1.82) is 0 Å². The van der Waals surface area contributed by atoms with Gasteiger partial charge in [0.15, 0.2) is 6.10 Å². The maximum absolute atomic E-state index is 12.9. The van der Waals surface area contributed by atoms with Crippen LogP contribution >= 0.6 is 7.82 Å². The first-order valence-corrected chi connectivity index (χ1v) is 40.8. The van der Waals surface area contributed by atoms with E-state index < -0.39 is 26.5 Å². The van der Waals surface area contributed by atoms with Gasteiger partial charge < -0.3 is 18.9 Å². The number of quaternary nitrogens is 1. The van der Waals surface area contributed by atoms with Crippen LogP contribution in [0.4, 0.5) is 0 Å². The molecular formula is C84H149NO8P+. The predicted octanol–water partition coefficient (Wildman–Crippen LogP) is 26.2. The van der Waals surface area contributed by atoms with Crippen LogP contribution in [0, 0.1) is 0 Å². The van der Waals surface area contributed by atoms with Gasteiger partial charge in [-0.05, 0) is 103 Å². The second kappa shape index (κ2) is 73.7. The molecule has 0 fully saturated rings. The number of hydrogen-bond acceptors (Lipinski definition) is 7. The summed E-state index contributed by atoms with van der Waals surface area (Å²) in [5.41, 5.74) is 0. The lowest BCUT2D eigenvalue weighted by atomic mass is 10.0. The molecule has 94 heavy (non-hydrogen) atoms. The van der Waals surface area contributed by atoms with Gasteiger partial charge in [0.05, 0.1) is 27.7 Å². The molecule has 0 aromatic carbocycles. The smallest absolute Gasteiger partial charge is 0.462 e. The van der Waals surface area contributed by atoms with E-state index in [9.17, 15) is 19.0 Å². The molecule has 0 aliphatic carbocycles. The zero-order chi connectivity index (χ0) is 68.3. The van der Waals surface area contributed by atoms with Crippen LogP contribution in [-0.4, -0.2) is 74.9 Å². The fourth-order valence-electron chi connectivity index (χ4n) is 11.1. The van der Waals surface area contributed by atoms with Crippen molar-refractivity contribution in [3.8, 4) is 0 Å². The van der Waals surface area contributed by atoms with Gasteiger partial charge in [0, 0.05) is 12.8 Å². The summed E-state index contributed by atoms with van der Waals surface area (Å²) in [4.78, 5) is 36.0. The van der Waals surface area contributed by atoms with Crippen LogP contribution in [0.25, 0.3) is 0 Å². The monoisotopic (exact) mass is 1330 g/mol. The van der Waals surface area contributed by atoms with E-state index in [0.29, 0.717) is 17.4 Å². The lowest BCUT2D eigenvalue weighted by molar-refractivity contribution is -0.870. The van der Waals surface area contributed by atoms with Crippen molar-refractivity contribution >= 4 is 19.8 Å². The van der Waals surface area contributed by atoms with Crippen LogP contribution in [-0.2, 0) is 32.7 Å². The minimum absolute atomic E-state index is 0.0304. The van der Waals surface area contributed by atoms with E-state index in [-0.39, 0.29) is 32.0 Å². The normalized spacial score (nSPS) is 13.7. The molecule has 0 aromatic heterocycles. The molecule has 0 aliphatic rings. The third-order valence-electron chi connectivity index (χ3n) is 17.0. The quantitative estimate of drug-likeness (QED) is 0.0211. The highest BCUT2D eigenvalue weighted by Gasteiger charge is 2.27. The Hall–Kier alpha value is -3.59. The molecule has 0 aromatic rings. The summed E-state index contributed by atoms with van der Waals surface area (Å²) in [6.07, 6.45) is 106. The molecule has 0 amide bonds. The largest absolute Gasteiger partial charge is 0.472 e. The number of hydrogen-bond donors (Lipinski definition) is 1. The lowest BCUT2D eigenvalue weighted by Gasteiger charge is -2.24. The number of nitrogens with zero attached hydrogens (tertiary/aromatic N) is 1. The van der Waals surface area contributed by atoms with E-state index in [1.807, 2.05) is 21.1 Å². The molecule has 10 heteroatoms. The van der Waals surface area contributed by atoms with Crippen molar-refractivity contribution in [3.05, 3.63) is 122 Å². The van der Waals surface area contributed by atoms with Gasteiger partial charge in [-0.3, -0.25) is 18.6 Å². The summed E-state index contributed by atoms with van der Waals surface area (Å²) in [6, 6.07) is 0. The van der Waals surface area contributed by atoms with Crippen LogP contribution < -0.4 is 0 Å². The van der Waals surface area contributed by atoms with Gasteiger partial charge in [-0.25, -0.2) is 4.57 Å². The molecule has 0 spiro atoms. The summed E-state index contributed by atoms with van der Waals surface area (Å²) in [5.74, 6) is -0.784. The summed E-state index contributed by atoms with van der Waals surface area (Å²) < 4.78 is 34.8. The number of carbonyl (C=O) groups is 2. The standard InChI is InChI=1S/C84H148NO8P/c1-6-8-10-12-14-16-18-20-22-24-26-28-30-32-34-36-38-39-40-41-42-43-44-45-47-49-51-53-55-57-59-61-63-65-67-69-71-73-75-77-84(87)93-82(81-92-94(88,89)91-79-78-85(3,4)5)80-90-83(86)76-74-72-70-68-66-64-62-60-58-56-54-52-50-48-46-37-35-33-31-29-27-25-23-21-19-17-15-13-11-9-7-2/h8-11,14-17,20-23,26-29,32,34,38-39,82H,6-7,12-13,18-19,24-25,30-31,33,35-37,40-81H2,1-5H3/p+1/b10-8-,11-9-,16-14-,17-15-,22-20-,23-21-,28-26-,29-27-,34-32-,39-38-. The van der Waals surface area contributed by atoms with Crippen LogP contribution in [0.15, 0.2) is 122 Å². The Morgan fingerprint density at radius 2 is 0.574 bits per heavy atom. The Morgan fingerprint density at radius 1 is 0.330 bits per heavy atom. The molecule has 0 rings (SSSR count). The minimum atomic E-state index is -4.40. The molecule has 542 valence electrons. The molecule has 1 N–H and O–H groups in total. The highest BCUT2D eigenvalue weighted by molar-refractivity contribution is 7.47. The maximum atomic E-state index is 12.9. The van der Waals surface area contributed by atoms with Gasteiger partial charge >= 0.3 is 19.8 Å². The summed E-state index contributed by atoms with van der Waals surface area (Å²) in [5, 5.41) is 0. The molecule has 0 saturated carbocycles. The molecule has 0 heterocycles. The van der Waals surface area contributed by atoms with E-state index in [1.165, 1.54) is 218 Å². The Morgan fingerprint density at radius 3 is 0.851 bits per heavy atom. The average molecular weight is 1330 g/mol. The van der Waals surface area contributed by atoms with Gasteiger partial charge in [-0.1, -0.05) is 354 Å². The van der Waals surface area contributed by atoms with Crippen LogP contribution in [0.1, 0.15) is 348 Å². The zero-order valence-corrected chi connectivity index (χ0v) is 62.8. The molecule has 0 bridgehead atoms. The second-order valence-electron chi connectivity index (χ2n) is 27.3. The summed E-state index contributed by atoms with van der Waals surface area (Å²) in [6.45, 7) is 4.25. The van der Waals surface area contributed by atoms with E-state index in [1.54, 1.807) is 0 Å². The number of phosphoric acid groups is 1. The van der Waals surface area contributed by atoms with Crippen molar-refractivity contribution in [2.45, 2.75) is 354 Å².